The molecule has 0 amide bonds. The summed E-state index contributed by atoms with van der Waals surface area (Å²) in [5, 5.41) is 8.92. The van der Waals surface area contributed by atoms with Crippen molar-refractivity contribution in [2.45, 2.75) is 12.3 Å². The Labute approximate surface area is 90.2 Å². The van der Waals surface area contributed by atoms with Gasteiger partial charge in [0.05, 0.1) is 19.8 Å². The van der Waals surface area contributed by atoms with E-state index in [1.807, 2.05) is 0 Å². The molecule has 1 fully saturated rings. The molecule has 2 heterocycles. The highest BCUT2D eigenvalue weighted by atomic mass is 16.6. The maximum absolute atomic E-state index is 11.4. The number of hydrogen-bond donors (Lipinski definition) is 2. The van der Waals surface area contributed by atoms with Gasteiger partial charge in [0, 0.05) is 12.3 Å². The fourth-order valence-electron chi connectivity index (χ4n) is 1.50. The standard InChI is InChI=1S/C9H12N2O5/c12-3-6-4-15-5-8(16-6)11-2-1-7(13)10-9(11)14/h1-2,6,8,12H,3-5H2,(H,10,13,14)/t6-,8+/m0/s1. The van der Waals surface area contributed by atoms with Crippen molar-refractivity contribution in [2.24, 2.45) is 0 Å². The van der Waals surface area contributed by atoms with Crippen LogP contribution in [0.1, 0.15) is 6.23 Å². The number of nitrogens with one attached hydrogen (secondary N) is 1. The number of aliphatic hydroxyl groups excluding tert-OH is 1. The Morgan fingerprint density at radius 3 is 3.00 bits per heavy atom. The molecule has 1 aromatic heterocycles. The van der Waals surface area contributed by atoms with Gasteiger partial charge in [-0.15, -0.1) is 0 Å². The molecule has 0 saturated carbocycles. The largest absolute Gasteiger partial charge is 0.394 e. The summed E-state index contributed by atoms with van der Waals surface area (Å²) in [6, 6.07) is 1.23. The van der Waals surface area contributed by atoms with E-state index < -0.39 is 23.6 Å². The lowest BCUT2D eigenvalue weighted by molar-refractivity contribution is -0.180. The van der Waals surface area contributed by atoms with Gasteiger partial charge in [-0.3, -0.25) is 14.3 Å². The monoisotopic (exact) mass is 228 g/mol. The second-order valence-corrected chi connectivity index (χ2v) is 3.45. The van der Waals surface area contributed by atoms with Crippen LogP contribution in [0.5, 0.6) is 0 Å². The van der Waals surface area contributed by atoms with Crippen molar-refractivity contribution in [2.75, 3.05) is 19.8 Å². The summed E-state index contributed by atoms with van der Waals surface area (Å²) in [4.78, 5) is 24.4. The van der Waals surface area contributed by atoms with Crippen molar-refractivity contribution >= 4 is 0 Å². The maximum atomic E-state index is 11.4. The molecule has 0 unspecified atom stereocenters. The summed E-state index contributed by atoms with van der Waals surface area (Å²) in [5.74, 6) is 0. The van der Waals surface area contributed by atoms with E-state index in [1.54, 1.807) is 0 Å². The molecule has 1 aromatic rings. The minimum atomic E-state index is -0.616. The van der Waals surface area contributed by atoms with Gasteiger partial charge in [0.25, 0.3) is 5.56 Å². The number of H-pyrrole nitrogens is 1. The van der Waals surface area contributed by atoms with E-state index in [0.29, 0.717) is 6.61 Å². The molecule has 0 radical (unpaired) electrons. The Bertz CT molecular complexity index is 465. The zero-order chi connectivity index (χ0) is 11.5. The first-order valence-electron chi connectivity index (χ1n) is 4.86. The second-order valence-electron chi connectivity index (χ2n) is 3.45. The molecule has 0 bridgehead atoms. The number of ether oxygens (including phenoxy) is 2. The Morgan fingerprint density at radius 2 is 2.31 bits per heavy atom. The molecular weight excluding hydrogens is 216 g/mol. The Morgan fingerprint density at radius 1 is 1.50 bits per heavy atom. The lowest BCUT2D eigenvalue weighted by atomic mass is 10.3. The maximum Gasteiger partial charge on any atom is 0.330 e. The molecule has 2 atom stereocenters. The summed E-state index contributed by atoms with van der Waals surface area (Å²) >= 11 is 0. The molecule has 7 heteroatoms. The van der Waals surface area contributed by atoms with E-state index in [-0.39, 0.29) is 13.2 Å². The molecule has 7 nitrogen and oxygen atoms in total. The fourth-order valence-corrected chi connectivity index (χ4v) is 1.50. The van der Waals surface area contributed by atoms with Gasteiger partial charge in [0.2, 0.25) is 0 Å². The van der Waals surface area contributed by atoms with Gasteiger partial charge in [0.15, 0.2) is 6.23 Å². The van der Waals surface area contributed by atoms with Crippen LogP contribution in [0, 0.1) is 0 Å². The van der Waals surface area contributed by atoms with E-state index in [9.17, 15) is 9.59 Å². The van der Waals surface area contributed by atoms with E-state index >= 15 is 0 Å². The molecular formula is C9H12N2O5. The van der Waals surface area contributed by atoms with Crippen molar-refractivity contribution in [3.05, 3.63) is 33.1 Å². The van der Waals surface area contributed by atoms with Crippen LogP contribution in [0.15, 0.2) is 21.9 Å². The van der Waals surface area contributed by atoms with Gasteiger partial charge in [-0.1, -0.05) is 0 Å². The van der Waals surface area contributed by atoms with E-state index in [0.717, 1.165) is 0 Å². The van der Waals surface area contributed by atoms with Crippen molar-refractivity contribution in [3.63, 3.8) is 0 Å². The minimum Gasteiger partial charge on any atom is -0.394 e. The molecule has 0 spiro atoms. The van der Waals surface area contributed by atoms with Crippen LogP contribution in [0.4, 0.5) is 0 Å². The van der Waals surface area contributed by atoms with Gasteiger partial charge in [0.1, 0.15) is 6.10 Å². The van der Waals surface area contributed by atoms with E-state index in [2.05, 4.69) is 4.98 Å². The zero-order valence-corrected chi connectivity index (χ0v) is 8.46. The highest BCUT2D eigenvalue weighted by molar-refractivity contribution is 4.84. The third-order valence-corrected chi connectivity index (χ3v) is 2.28. The molecule has 2 rings (SSSR count). The first-order chi connectivity index (χ1) is 7.70. The summed E-state index contributed by atoms with van der Waals surface area (Å²) in [6.07, 6.45) is 0.280. The van der Waals surface area contributed by atoms with E-state index in [4.69, 9.17) is 14.6 Å². The van der Waals surface area contributed by atoms with Gasteiger partial charge in [-0.05, 0) is 0 Å². The average molecular weight is 228 g/mol. The Kier molecular flexibility index (Phi) is 3.18. The van der Waals surface area contributed by atoms with Crippen LogP contribution >= 0.6 is 0 Å². The van der Waals surface area contributed by atoms with E-state index in [1.165, 1.54) is 16.8 Å². The van der Waals surface area contributed by atoms with Crippen molar-refractivity contribution in [1.29, 1.82) is 0 Å². The number of aromatic nitrogens is 2. The topological polar surface area (TPSA) is 93.5 Å². The van der Waals surface area contributed by atoms with Crippen LogP contribution in [0.3, 0.4) is 0 Å². The number of aromatic amines is 1. The molecule has 0 aromatic carbocycles. The fraction of sp³-hybridized carbons (Fsp3) is 0.556. The van der Waals surface area contributed by atoms with Crippen LogP contribution in [-0.4, -0.2) is 40.6 Å². The Hall–Kier alpha value is -1.44. The molecule has 0 aliphatic carbocycles. The third-order valence-electron chi connectivity index (χ3n) is 2.28. The predicted molar refractivity (Wildman–Crippen MR) is 53.1 cm³/mol. The molecule has 88 valence electrons. The summed E-state index contributed by atoms with van der Waals surface area (Å²) in [6.45, 7) is 0.335. The van der Waals surface area contributed by atoms with Crippen molar-refractivity contribution in [3.8, 4) is 0 Å². The highest BCUT2D eigenvalue weighted by Gasteiger charge is 2.24. The smallest absolute Gasteiger partial charge is 0.330 e. The number of rotatable bonds is 2. The summed E-state index contributed by atoms with van der Waals surface area (Å²) in [7, 11) is 0. The molecule has 2 N–H and O–H groups in total. The number of nitrogens with zero attached hydrogens (tertiary/aromatic N) is 1. The van der Waals surface area contributed by atoms with Crippen LogP contribution in [0.2, 0.25) is 0 Å². The first kappa shape index (κ1) is 11.1. The minimum absolute atomic E-state index is 0.172. The third kappa shape index (κ3) is 2.21. The van der Waals surface area contributed by atoms with Crippen LogP contribution in [-0.2, 0) is 9.47 Å². The SMILES string of the molecule is O=c1ccn([C@H]2COC[C@H](CO)O2)c(=O)[nH]1. The van der Waals surface area contributed by atoms with Crippen molar-refractivity contribution < 1.29 is 14.6 Å². The lowest BCUT2D eigenvalue weighted by Crippen LogP contribution is -2.41. The summed E-state index contributed by atoms with van der Waals surface area (Å²) in [5.41, 5.74) is -1.02. The van der Waals surface area contributed by atoms with Crippen LogP contribution in [0.25, 0.3) is 0 Å². The highest BCUT2D eigenvalue weighted by Crippen LogP contribution is 2.14. The lowest BCUT2D eigenvalue weighted by Gasteiger charge is -2.29. The molecule has 1 aliphatic rings. The Balaban J connectivity index is 2.23. The summed E-state index contributed by atoms with van der Waals surface area (Å²) < 4.78 is 11.8. The molecule has 1 aliphatic heterocycles. The van der Waals surface area contributed by atoms with Gasteiger partial charge < -0.3 is 14.6 Å². The van der Waals surface area contributed by atoms with Gasteiger partial charge >= 0.3 is 5.69 Å². The zero-order valence-electron chi connectivity index (χ0n) is 8.46. The first-order valence-corrected chi connectivity index (χ1v) is 4.86. The second kappa shape index (κ2) is 4.60. The quantitative estimate of drug-likeness (QED) is 0.638. The van der Waals surface area contributed by atoms with Gasteiger partial charge in [-0.25, -0.2) is 4.79 Å². The normalized spacial score (nSPS) is 25.6. The predicted octanol–water partition coefficient (Wildman–Crippen LogP) is -1.56. The number of aliphatic hydroxyl groups is 1. The molecule has 16 heavy (non-hydrogen) atoms. The molecule has 1 saturated heterocycles. The number of hydrogen-bond acceptors (Lipinski definition) is 5. The average Bonchev–Trinajstić information content (AvgIpc) is 2.29. The van der Waals surface area contributed by atoms with Crippen molar-refractivity contribution in [1.82, 2.24) is 9.55 Å². The van der Waals surface area contributed by atoms with Gasteiger partial charge in [-0.2, -0.15) is 0 Å². The van der Waals surface area contributed by atoms with Crippen LogP contribution < -0.4 is 11.2 Å².